The maximum atomic E-state index is 12.2. The molecule has 1 fully saturated rings. The van der Waals surface area contributed by atoms with Crippen molar-refractivity contribution >= 4 is 11.7 Å². The number of hydrogen-bond donors (Lipinski definition) is 1. The van der Waals surface area contributed by atoms with Crippen LogP contribution < -0.4 is 5.32 Å². The lowest BCUT2D eigenvalue weighted by molar-refractivity contribution is -0.121. The third kappa shape index (κ3) is 4.79. The number of aromatic nitrogens is 1. The molecule has 0 aliphatic carbocycles. The number of aryl methyl sites for hydroxylation is 1. The van der Waals surface area contributed by atoms with Crippen molar-refractivity contribution in [3.8, 4) is 0 Å². The summed E-state index contributed by atoms with van der Waals surface area (Å²) in [6.07, 6.45) is 0. The van der Waals surface area contributed by atoms with Crippen LogP contribution in [-0.2, 0) is 9.53 Å². The van der Waals surface area contributed by atoms with Gasteiger partial charge in [-0.3, -0.25) is 14.6 Å². The number of anilines is 1. The Morgan fingerprint density at radius 2 is 2.18 bits per heavy atom. The molecule has 1 aliphatic rings. The summed E-state index contributed by atoms with van der Waals surface area (Å²) in [5.74, 6) is 1.12. The van der Waals surface area contributed by atoms with Gasteiger partial charge in [0.2, 0.25) is 5.91 Å². The smallest absolute Gasteiger partial charge is 0.242 e. The van der Waals surface area contributed by atoms with E-state index in [1.165, 1.54) is 0 Å². The lowest BCUT2D eigenvalue weighted by Crippen LogP contribution is -2.53. The van der Waals surface area contributed by atoms with Gasteiger partial charge >= 0.3 is 0 Å². The summed E-state index contributed by atoms with van der Waals surface area (Å²) in [5.41, 5.74) is 0. The largest absolute Gasteiger partial charge is 0.380 e. The van der Waals surface area contributed by atoms with Crippen molar-refractivity contribution in [2.45, 2.75) is 26.8 Å². The van der Waals surface area contributed by atoms with Crippen molar-refractivity contribution in [2.75, 3.05) is 51.3 Å². The zero-order valence-corrected chi connectivity index (χ0v) is 13.7. The van der Waals surface area contributed by atoms with Crippen molar-refractivity contribution < 1.29 is 14.1 Å². The Hall–Kier alpha value is -1.44. The SMILES string of the molecule is CCOCCN1CCN([C@H](C)C(=O)Nc2cc(C)on2)CC1. The topological polar surface area (TPSA) is 70.8 Å². The van der Waals surface area contributed by atoms with Gasteiger partial charge in [-0.05, 0) is 20.8 Å². The summed E-state index contributed by atoms with van der Waals surface area (Å²) in [6.45, 7) is 11.9. The molecule has 7 heteroatoms. The number of piperazine rings is 1. The quantitative estimate of drug-likeness (QED) is 0.757. The maximum Gasteiger partial charge on any atom is 0.242 e. The van der Waals surface area contributed by atoms with Crippen LogP contribution in [-0.4, -0.2) is 72.8 Å². The van der Waals surface area contributed by atoms with Gasteiger partial charge in [-0.1, -0.05) is 5.16 Å². The summed E-state index contributed by atoms with van der Waals surface area (Å²) in [7, 11) is 0. The van der Waals surface area contributed by atoms with E-state index in [4.69, 9.17) is 9.26 Å². The molecule has 1 atom stereocenters. The lowest BCUT2D eigenvalue weighted by Gasteiger charge is -2.37. The molecule has 0 bridgehead atoms. The fourth-order valence-electron chi connectivity index (χ4n) is 2.53. The molecule has 1 aromatic rings. The van der Waals surface area contributed by atoms with Gasteiger partial charge in [0.15, 0.2) is 5.82 Å². The van der Waals surface area contributed by atoms with Crippen LogP contribution in [0.3, 0.4) is 0 Å². The van der Waals surface area contributed by atoms with Gasteiger partial charge in [0, 0.05) is 45.4 Å². The van der Waals surface area contributed by atoms with Gasteiger partial charge in [-0.15, -0.1) is 0 Å². The molecule has 0 radical (unpaired) electrons. The second kappa shape index (κ2) is 8.26. The fraction of sp³-hybridized carbons (Fsp3) is 0.733. The molecule has 7 nitrogen and oxygen atoms in total. The molecule has 2 heterocycles. The van der Waals surface area contributed by atoms with Crippen molar-refractivity contribution in [3.05, 3.63) is 11.8 Å². The molecule has 22 heavy (non-hydrogen) atoms. The van der Waals surface area contributed by atoms with E-state index in [0.29, 0.717) is 11.6 Å². The Kier molecular flexibility index (Phi) is 6.35. The summed E-state index contributed by atoms with van der Waals surface area (Å²) >= 11 is 0. The number of ether oxygens (including phenoxy) is 1. The Labute approximate surface area is 131 Å². The van der Waals surface area contributed by atoms with Crippen molar-refractivity contribution in [2.24, 2.45) is 0 Å². The van der Waals surface area contributed by atoms with E-state index in [1.807, 2.05) is 13.8 Å². The standard InChI is InChI=1S/C15H26N4O3/c1-4-21-10-9-18-5-7-19(8-6-18)13(3)15(20)16-14-11-12(2)22-17-14/h11,13H,4-10H2,1-3H3,(H,16,17,20)/t13-/m1/s1. The highest BCUT2D eigenvalue weighted by atomic mass is 16.5. The summed E-state index contributed by atoms with van der Waals surface area (Å²) < 4.78 is 10.3. The highest BCUT2D eigenvalue weighted by Crippen LogP contribution is 2.11. The average molecular weight is 310 g/mol. The minimum absolute atomic E-state index is 0.0453. The highest BCUT2D eigenvalue weighted by molar-refractivity contribution is 5.93. The van der Waals surface area contributed by atoms with Gasteiger partial charge < -0.3 is 14.6 Å². The van der Waals surface area contributed by atoms with E-state index in [1.54, 1.807) is 13.0 Å². The second-order valence-electron chi connectivity index (χ2n) is 5.56. The fourth-order valence-corrected chi connectivity index (χ4v) is 2.53. The third-order valence-electron chi connectivity index (χ3n) is 3.97. The van der Waals surface area contributed by atoms with Crippen molar-refractivity contribution in [1.29, 1.82) is 0 Å². The number of nitrogens with one attached hydrogen (secondary N) is 1. The molecule has 1 saturated heterocycles. The highest BCUT2D eigenvalue weighted by Gasteiger charge is 2.25. The second-order valence-corrected chi connectivity index (χ2v) is 5.56. The van der Waals surface area contributed by atoms with Crippen LogP contribution in [0, 0.1) is 6.92 Å². The molecule has 2 rings (SSSR count). The Morgan fingerprint density at radius 1 is 1.45 bits per heavy atom. The molecule has 124 valence electrons. The molecular formula is C15H26N4O3. The van der Waals surface area contributed by atoms with Crippen LogP contribution in [0.1, 0.15) is 19.6 Å². The van der Waals surface area contributed by atoms with E-state index in [0.717, 1.165) is 45.9 Å². The van der Waals surface area contributed by atoms with Gasteiger partial charge in [0.25, 0.3) is 0 Å². The Balaban J connectivity index is 1.74. The third-order valence-corrected chi connectivity index (χ3v) is 3.97. The predicted octanol–water partition coefficient (Wildman–Crippen LogP) is 0.964. The summed E-state index contributed by atoms with van der Waals surface area (Å²) in [4.78, 5) is 16.8. The first kappa shape index (κ1) is 16.9. The van der Waals surface area contributed by atoms with E-state index >= 15 is 0 Å². The van der Waals surface area contributed by atoms with Crippen LogP contribution in [0.4, 0.5) is 5.82 Å². The molecular weight excluding hydrogens is 284 g/mol. The van der Waals surface area contributed by atoms with E-state index in [-0.39, 0.29) is 11.9 Å². The van der Waals surface area contributed by atoms with E-state index < -0.39 is 0 Å². The molecule has 1 aromatic heterocycles. The average Bonchev–Trinajstić information content (AvgIpc) is 2.92. The monoisotopic (exact) mass is 310 g/mol. The summed E-state index contributed by atoms with van der Waals surface area (Å²) in [6, 6.07) is 1.54. The first-order chi connectivity index (χ1) is 10.6. The lowest BCUT2D eigenvalue weighted by atomic mass is 10.2. The minimum atomic E-state index is -0.175. The van der Waals surface area contributed by atoms with Crippen molar-refractivity contribution in [1.82, 2.24) is 15.0 Å². The number of hydrogen-bond acceptors (Lipinski definition) is 6. The normalized spacial score (nSPS) is 18.3. The zero-order valence-electron chi connectivity index (χ0n) is 13.7. The van der Waals surface area contributed by atoms with Crippen LogP contribution >= 0.6 is 0 Å². The van der Waals surface area contributed by atoms with Gasteiger partial charge in [-0.25, -0.2) is 0 Å². The first-order valence-electron chi connectivity index (χ1n) is 7.88. The predicted molar refractivity (Wildman–Crippen MR) is 83.8 cm³/mol. The van der Waals surface area contributed by atoms with Gasteiger partial charge in [-0.2, -0.15) is 0 Å². The zero-order chi connectivity index (χ0) is 15.9. The molecule has 0 saturated carbocycles. The maximum absolute atomic E-state index is 12.2. The van der Waals surface area contributed by atoms with Crippen molar-refractivity contribution in [3.63, 3.8) is 0 Å². The molecule has 1 N–H and O–H groups in total. The number of carbonyl (C=O) groups is 1. The number of amides is 1. The Bertz CT molecular complexity index is 469. The summed E-state index contributed by atoms with van der Waals surface area (Å²) in [5, 5.41) is 6.58. The Morgan fingerprint density at radius 3 is 2.77 bits per heavy atom. The number of rotatable bonds is 7. The number of carbonyl (C=O) groups excluding carboxylic acids is 1. The van der Waals surface area contributed by atoms with E-state index in [9.17, 15) is 4.79 Å². The van der Waals surface area contributed by atoms with Crippen LogP contribution in [0.15, 0.2) is 10.6 Å². The molecule has 1 aliphatic heterocycles. The van der Waals surface area contributed by atoms with Gasteiger partial charge in [0.1, 0.15) is 5.76 Å². The molecule has 0 unspecified atom stereocenters. The molecule has 1 amide bonds. The molecule has 0 spiro atoms. The molecule has 0 aromatic carbocycles. The number of nitrogens with zero attached hydrogens (tertiary/aromatic N) is 3. The van der Waals surface area contributed by atoms with E-state index in [2.05, 4.69) is 20.3 Å². The minimum Gasteiger partial charge on any atom is -0.380 e. The first-order valence-corrected chi connectivity index (χ1v) is 7.88. The van der Waals surface area contributed by atoms with Crippen LogP contribution in [0.25, 0.3) is 0 Å². The van der Waals surface area contributed by atoms with Gasteiger partial charge in [0.05, 0.1) is 12.6 Å². The van der Waals surface area contributed by atoms with Crippen LogP contribution in [0.5, 0.6) is 0 Å². The van der Waals surface area contributed by atoms with Crippen LogP contribution in [0.2, 0.25) is 0 Å².